The van der Waals surface area contributed by atoms with E-state index in [9.17, 15) is 9.18 Å². The van der Waals surface area contributed by atoms with Crippen molar-refractivity contribution in [1.29, 1.82) is 0 Å². The predicted octanol–water partition coefficient (Wildman–Crippen LogP) is 3.42. The summed E-state index contributed by atoms with van der Waals surface area (Å²) in [4.78, 5) is 12.1. The first-order chi connectivity index (χ1) is 13.5. The lowest BCUT2D eigenvalue weighted by Crippen LogP contribution is -2.57. The van der Waals surface area contributed by atoms with E-state index in [0.717, 1.165) is 28.0 Å². The quantitative estimate of drug-likeness (QED) is 0.371. The van der Waals surface area contributed by atoms with E-state index in [4.69, 9.17) is 10.5 Å². The molecule has 0 saturated heterocycles. The van der Waals surface area contributed by atoms with Gasteiger partial charge < -0.3 is 15.8 Å². The van der Waals surface area contributed by atoms with Crippen molar-refractivity contribution in [3.05, 3.63) is 57.8 Å². The third-order valence-corrected chi connectivity index (χ3v) is 7.57. The molecule has 0 aromatic heterocycles. The molecule has 5 nitrogen and oxygen atoms in total. The van der Waals surface area contributed by atoms with Crippen molar-refractivity contribution in [1.82, 2.24) is 10.6 Å². The normalized spacial score (nSPS) is 33.2. The number of carbonyl (C=O) groups is 1. The molecule has 0 fully saturated rings. The fourth-order valence-electron chi connectivity index (χ4n) is 3.87. The number of ether oxygens (including phenoxy) is 1. The van der Waals surface area contributed by atoms with Gasteiger partial charge in [-0.15, -0.1) is 0 Å². The van der Waals surface area contributed by atoms with E-state index in [-0.39, 0.29) is 29.9 Å². The number of likely N-dealkylation sites (N-methyl/N-ethyl adjacent to an activating group) is 1. The molecule has 0 radical (unpaired) electrons. The molecule has 1 aliphatic heterocycles. The summed E-state index contributed by atoms with van der Waals surface area (Å²) >= 11 is 2.26. The summed E-state index contributed by atoms with van der Waals surface area (Å²) in [5.41, 5.74) is 9.17. The van der Waals surface area contributed by atoms with Crippen molar-refractivity contribution in [2.75, 3.05) is 7.05 Å². The highest BCUT2D eigenvalue weighted by atomic mass is 127. The van der Waals surface area contributed by atoms with E-state index in [1.165, 1.54) is 6.08 Å². The molecule has 152 valence electrons. The zero-order chi connectivity index (χ0) is 20.3. The van der Waals surface area contributed by atoms with Crippen LogP contribution in [-0.2, 0) is 9.53 Å². The molecular weight excluding hydrogens is 492 g/mol. The molecule has 0 spiro atoms. The molecule has 0 bridgehead atoms. The Labute approximate surface area is 181 Å². The molecule has 0 aromatic rings. The maximum atomic E-state index is 13.9. The van der Waals surface area contributed by atoms with Crippen molar-refractivity contribution in [2.45, 2.75) is 44.1 Å². The molecular formula is C20H25FIN3O2S. The van der Waals surface area contributed by atoms with Crippen molar-refractivity contribution in [2.24, 2.45) is 11.7 Å². The summed E-state index contributed by atoms with van der Waals surface area (Å²) in [7, 11) is 3.47. The first-order valence-electron chi connectivity index (χ1n) is 9.22. The van der Waals surface area contributed by atoms with Gasteiger partial charge in [0.15, 0.2) is 6.23 Å². The highest BCUT2D eigenvalue weighted by Crippen LogP contribution is 2.38. The molecule has 8 heteroatoms. The van der Waals surface area contributed by atoms with Crippen molar-refractivity contribution < 1.29 is 13.9 Å². The third-order valence-electron chi connectivity index (χ3n) is 5.44. The largest absolute Gasteiger partial charge is 0.447 e. The average Bonchev–Trinajstić information content (AvgIpc) is 2.70. The summed E-state index contributed by atoms with van der Waals surface area (Å²) in [5, 5.41) is 6.65. The Hall–Kier alpha value is -0.940. The van der Waals surface area contributed by atoms with Gasteiger partial charge in [-0.05, 0) is 55.7 Å². The Morgan fingerprint density at radius 1 is 1.50 bits per heavy atom. The first-order valence-corrected chi connectivity index (χ1v) is 12.6. The van der Waals surface area contributed by atoms with Crippen LogP contribution in [-0.4, -0.2) is 37.9 Å². The summed E-state index contributed by atoms with van der Waals surface area (Å²) in [6.45, 7) is 2.28. The van der Waals surface area contributed by atoms with Crippen molar-refractivity contribution in [3.63, 3.8) is 0 Å². The monoisotopic (exact) mass is 517 g/mol. The van der Waals surface area contributed by atoms with Gasteiger partial charge in [0.2, 0.25) is 0 Å². The molecule has 2 aliphatic carbocycles. The maximum Gasteiger partial charge on any atom is 0.294 e. The SMILES string of the molecule is CNC1C=C(C2=CCC(N)C(SI)=C2)C(C2C=CC(F)=C(C)C2)NC1OC=O. The zero-order valence-electron chi connectivity index (χ0n) is 15.8. The Morgan fingerprint density at radius 2 is 2.29 bits per heavy atom. The van der Waals surface area contributed by atoms with E-state index in [2.05, 4.69) is 50.1 Å². The van der Waals surface area contributed by atoms with E-state index < -0.39 is 6.23 Å². The molecule has 1 heterocycles. The Balaban J connectivity index is 1.98. The minimum Gasteiger partial charge on any atom is -0.447 e. The van der Waals surface area contributed by atoms with Crippen LogP contribution in [0.25, 0.3) is 0 Å². The minimum absolute atomic E-state index is 0.0151. The fourth-order valence-corrected chi connectivity index (χ4v) is 5.62. The lowest BCUT2D eigenvalue weighted by atomic mass is 9.78. The summed E-state index contributed by atoms with van der Waals surface area (Å²) < 4.78 is 19.1. The Bertz CT molecular complexity index is 777. The fraction of sp³-hybridized carbons (Fsp3) is 0.450. The van der Waals surface area contributed by atoms with Crippen molar-refractivity contribution in [3.8, 4) is 0 Å². The standard InChI is InChI=1S/C20H25FIN3O2S/c1-11-7-13(3-5-15(11)21)19-14(9-17(24-2)20(25-19)27-10-26)12-4-6-16(23)18(8-12)28-22/h3-5,8-10,13,16-17,19-20,24-25H,6-7,23H2,1-2H3. The van der Waals surface area contributed by atoms with Gasteiger partial charge in [0.05, 0.1) is 6.04 Å². The number of halogens is 2. The van der Waals surface area contributed by atoms with E-state index >= 15 is 0 Å². The predicted molar refractivity (Wildman–Crippen MR) is 120 cm³/mol. The summed E-state index contributed by atoms with van der Waals surface area (Å²) in [6.07, 6.45) is 10.7. The van der Waals surface area contributed by atoms with Crippen LogP contribution in [0.2, 0.25) is 0 Å². The molecule has 3 aliphatic rings. The van der Waals surface area contributed by atoms with Crippen LogP contribution in [0.5, 0.6) is 0 Å². The second-order valence-electron chi connectivity index (χ2n) is 7.21. The van der Waals surface area contributed by atoms with Crippen LogP contribution in [0.4, 0.5) is 4.39 Å². The van der Waals surface area contributed by atoms with Gasteiger partial charge in [-0.1, -0.05) is 27.2 Å². The van der Waals surface area contributed by atoms with Crippen LogP contribution in [0, 0.1) is 5.92 Å². The Kier molecular flexibility index (Phi) is 7.54. The highest BCUT2D eigenvalue weighted by molar-refractivity contribution is 14.2. The second kappa shape index (κ2) is 9.71. The second-order valence-corrected chi connectivity index (χ2v) is 9.16. The molecule has 0 aromatic carbocycles. The molecule has 0 amide bonds. The number of rotatable bonds is 6. The summed E-state index contributed by atoms with van der Waals surface area (Å²) in [5.74, 6) is -0.111. The van der Waals surface area contributed by atoms with E-state index in [1.54, 1.807) is 8.93 Å². The number of nitrogens with two attached hydrogens (primary N) is 1. The van der Waals surface area contributed by atoms with Crippen LogP contribution in [0.3, 0.4) is 0 Å². The van der Waals surface area contributed by atoms with Crippen LogP contribution in [0.15, 0.2) is 57.8 Å². The maximum absolute atomic E-state index is 13.9. The molecule has 4 N–H and O–H groups in total. The van der Waals surface area contributed by atoms with Crippen molar-refractivity contribution >= 4 is 36.6 Å². The molecule has 3 rings (SSSR count). The zero-order valence-corrected chi connectivity index (χ0v) is 18.8. The van der Waals surface area contributed by atoms with Gasteiger partial charge in [-0.2, -0.15) is 0 Å². The lowest BCUT2D eigenvalue weighted by molar-refractivity contribution is -0.136. The molecule has 0 saturated carbocycles. The lowest BCUT2D eigenvalue weighted by Gasteiger charge is -2.40. The van der Waals surface area contributed by atoms with E-state index in [0.29, 0.717) is 12.9 Å². The highest BCUT2D eigenvalue weighted by Gasteiger charge is 2.37. The number of hydrogen-bond acceptors (Lipinski definition) is 6. The molecule has 28 heavy (non-hydrogen) atoms. The van der Waals surface area contributed by atoms with Gasteiger partial charge in [-0.25, -0.2) is 4.39 Å². The van der Waals surface area contributed by atoms with Crippen LogP contribution >= 0.6 is 30.1 Å². The Morgan fingerprint density at radius 3 is 2.93 bits per heavy atom. The topological polar surface area (TPSA) is 76.4 Å². The van der Waals surface area contributed by atoms with Gasteiger partial charge >= 0.3 is 0 Å². The van der Waals surface area contributed by atoms with E-state index in [1.807, 2.05) is 20.0 Å². The van der Waals surface area contributed by atoms with Gasteiger partial charge in [0, 0.05) is 44.1 Å². The van der Waals surface area contributed by atoms with Gasteiger partial charge in [-0.3, -0.25) is 10.1 Å². The first kappa shape index (κ1) is 21.8. The smallest absolute Gasteiger partial charge is 0.294 e. The van der Waals surface area contributed by atoms with Crippen LogP contribution in [0.1, 0.15) is 19.8 Å². The van der Waals surface area contributed by atoms with Gasteiger partial charge in [0.25, 0.3) is 6.47 Å². The number of allylic oxidation sites excluding steroid dienone is 4. The average molecular weight is 517 g/mol. The number of nitrogens with one attached hydrogen (secondary N) is 2. The molecule has 5 atom stereocenters. The number of hydrogen-bond donors (Lipinski definition) is 3. The number of carbonyl (C=O) groups excluding carboxylic acids is 1. The minimum atomic E-state index is -0.491. The third kappa shape index (κ3) is 4.62. The van der Waals surface area contributed by atoms with Crippen LogP contribution < -0.4 is 16.4 Å². The van der Waals surface area contributed by atoms with Gasteiger partial charge in [0.1, 0.15) is 5.83 Å². The molecule has 5 unspecified atom stereocenters. The summed E-state index contributed by atoms with van der Waals surface area (Å²) in [6, 6.07) is -0.259.